The maximum atomic E-state index is 2.59. The maximum absolute atomic E-state index is 2.59. The summed E-state index contributed by atoms with van der Waals surface area (Å²) in [5.74, 6) is 0.630. The van der Waals surface area contributed by atoms with Crippen molar-refractivity contribution in [2.24, 2.45) is 0 Å². The van der Waals surface area contributed by atoms with Gasteiger partial charge in [0.1, 0.15) is 0 Å². The van der Waals surface area contributed by atoms with E-state index in [2.05, 4.69) is 65.6 Å². The largest absolute Gasteiger partial charge is 0.295 e. The number of hydrogen-bond donors (Lipinski definition) is 0. The van der Waals surface area contributed by atoms with Gasteiger partial charge in [-0.3, -0.25) is 4.90 Å². The third kappa shape index (κ3) is 2.54. The Labute approximate surface area is 126 Å². The summed E-state index contributed by atoms with van der Waals surface area (Å²) >= 11 is 0. The minimum Gasteiger partial charge on any atom is -0.295 e. The Hall–Kier alpha value is -1.86. The molecule has 106 valence electrons. The lowest BCUT2D eigenvalue weighted by Gasteiger charge is -2.21. The Balaban J connectivity index is 1.63. The highest BCUT2D eigenvalue weighted by Gasteiger charge is 2.24. The Kier molecular flexibility index (Phi) is 3.36. The first-order valence-corrected chi connectivity index (χ1v) is 7.94. The van der Waals surface area contributed by atoms with Gasteiger partial charge in [-0.15, -0.1) is 0 Å². The molecule has 0 fully saturated rings. The molecule has 1 atom stereocenters. The second kappa shape index (κ2) is 5.50. The van der Waals surface area contributed by atoms with E-state index in [9.17, 15) is 0 Å². The molecule has 0 radical (unpaired) electrons. The maximum Gasteiger partial charge on any atom is 0.0240 e. The molecular weight excluding hydrogens is 254 g/mol. The molecule has 1 heterocycles. The van der Waals surface area contributed by atoms with Crippen molar-refractivity contribution in [3.05, 3.63) is 82.9 Å². The van der Waals surface area contributed by atoms with Crippen molar-refractivity contribution in [2.45, 2.75) is 31.8 Å². The van der Waals surface area contributed by atoms with Gasteiger partial charge in [-0.05, 0) is 41.6 Å². The molecule has 0 saturated carbocycles. The Morgan fingerprint density at radius 2 is 1.81 bits per heavy atom. The highest BCUT2D eigenvalue weighted by Crippen LogP contribution is 2.35. The number of allylic oxidation sites excluding steroid dienone is 2. The van der Waals surface area contributed by atoms with Crippen LogP contribution >= 0.6 is 0 Å². The molecule has 0 amide bonds. The van der Waals surface area contributed by atoms with Crippen molar-refractivity contribution in [1.29, 1.82) is 0 Å². The third-order valence-electron chi connectivity index (χ3n) is 4.76. The summed E-state index contributed by atoms with van der Waals surface area (Å²) in [5, 5.41) is 0. The molecule has 0 saturated heterocycles. The minimum absolute atomic E-state index is 0.630. The summed E-state index contributed by atoms with van der Waals surface area (Å²) in [4.78, 5) is 2.59. The van der Waals surface area contributed by atoms with Crippen molar-refractivity contribution in [2.75, 3.05) is 6.54 Å². The SMILES string of the molecule is C1=C[C@@H]2CCN(Cc3ccccc3)Cc3cccc(c32)C1. The van der Waals surface area contributed by atoms with E-state index in [1.54, 1.807) is 11.1 Å². The van der Waals surface area contributed by atoms with Crippen LogP contribution in [0.25, 0.3) is 0 Å². The highest BCUT2D eigenvalue weighted by atomic mass is 15.1. The van der Waals surface area contributed by atoms with Crippen LogP contribution in [-0.2, 0) is 19.5 Å². The molecule has 1 heteroatoms. The van der Waals surface area contributed by atoms with Crippen LogP contribution in [0, 0.1) is 0 Å². The van der Waals surface area contributed by atoms with E-state index in [-0.39, 0.29) is 0 Å². The van der Waals surface area contributed by atoms with Crippen molar-refractivity contribution < 1.29 is 0 Å². The quantitative estimate of drug-likeness (QED) is 0.739. The zero-order valence-corrected chi connectivity index (χ0v) is 12.3. The number of rotatable bonds is 2. The zero-order valence-electron chi connectivity index (χ0n) is 12.3. The van der Waals surface area contributed by atoms with Crippen molar-refractivity contribution in [3.63, 3.8) is 0 Å². The van der Waals surface area contributed by atoms with Crippen LogP contribution in [0.2, 0.25) is 0 Å². The van der Waals surface area contributed by atoms with Gasteiger partial charge in [0.05, 0.1) is 0 Å². The number of benzene rings is 2. The fourth-order valence-electron chi connectivity index (χ4n) is 3.77. The third-order valence-corrected chi connectivity index (χ3v) is 4.76. The molecule has 2 aromatic rings. The second-order valence-corrected chi connectivity index (χ2v) is 6.21. The van der Waals surface area contributed by atoms with Gasteiger partial charge in [0.2, 0.25) is 0 Å². The Morgan fingerprint density at radius 3 is 2.71 bits per heavy atom. The molecule has 0 unspecified atom stereocenters. The van der Waals surface area contributed by atoms with Crippen molar-refractivity contribution in [1.82, 2.24) is 4.90 Å². The van der Waals surface area contributed by atoms with Crippen LogP contribution in [0.15, 0.2) is 60.7 Å². The van der Waals surface area contributed by atoms with Gasteiger partial charge in [0, 0.05) is 19.0 Å². The minimum atomic E-state index is 0.630. The molecule has 4 rings (SSSR count). The molecule has 1 nitrogen and oxygen atoms in total. The summed E-state index contributed by atoms with van der Waals surface area (Å²) in [6.45, 7) is 3.32. The molecule has 1 aliphatic heterocycles. The summed E-state index contributed by atoms with van der Waals surface area (Å²) in [7, 11) is 0. The normalized spacial score (nSPS) is 20.9. The fraction of sp³-hybridized carbons (Fsp3) is 0.300. The van der Waals surface area contributed by atoms with Gasteiger partial charge in [-0.2, -0.15) is 0 Å². The van der Waals surface area contributed by atoms with E-state index < -0.39 is 0 Å². The topological polar surface area (TPSA) is 3.24 Å². The van der Waals surface area contributed by atoms with E-state index in [1.807, 2.05) is 0 Å². The Morgan fingerprint density at radius 1 is 0.952 bits per heavy atom. The smallest absolute Gasteiger partial charge is 0.0240 e. The van der Waals surface area contributed by atoms with Gasteiger partial charge in [0.15, 0.2) is 0 Å². The lowest BCUT2D eigenvalue weighted by atomic mass is 9.83. The highest BCUT2D eigenvalue weighted by molar-refractivity contribution is 5.44. The predicted octanol–water partition coefficient (Wildman–Crippen LogP) is 4.29. The average molecular weight is 275 g/mol. The monoisotopic (exact) mass is 275 g/mol. The number of nitrogens with zero attached hydrogens (tertiary/aromatic N) is 1. The number of hydrogen-bond acceptors (Lipinski definition) is 1. The van der Waals surface area contributed by atoms with Crippen molar-refractivity contribution in [3.8, 4) is 0 Å². The molecule has 0 bridgehead atoms. The van der Waals surface area contributed by atoms with Crippen molar-refractivity contribution >= 4 is 0 Å². The molecule has 2 aliphatic rings. The van der Waals surface area contributed by atoms with E-state index >= 15 is 0 Å². The molecule has 0 spiro atoms. The average Bonchev–Trinajstić information content (AvgIpc) is 2.70. The molecule has 1 aliphatic carbocycles. The van der Waals surface area contributed by atoms with Crippen LogP contribution in [0.5, 0.6) is 0 Å². The lowest BCUT2D eigenvalue weighted by Crippen LogP contribution is -2.22. The van der Waals surface area contributed by atoms with Crippen LogP contribution < -0.4 is 0 Å². The first-order valence-electron chi connectivity index (χ1n) is 7.94. The van der Waals surface area contributed by atoms with E-state index in [0.29, 0.717) is 5.92 Å². The van der Waals surface area contributed by atoms with Crippen LogP contribution in [0.4, 0.5) is 0 Å². The first kappa shape index (κ1) is 12.8. The second-order valence-electron chi connectivity index (χ2n) is 6.21. The molecule has 21 heavy (non-hydrogen) atoms. The van der Waals surface area contributed by atoms with Gasteiger partial charge >= 0.3 is 0 Å². The summed E-state index contributed by atoms with van der Waals surface area (Å²) in [5.41, 5.74) is 6.12. The van der Waals surface area contributed by atoms with Crippen LogP contribution in [0.1, 0.15) is 34.6 Å². The Bertz CT molecular complexity index is 657. The molecule has 0 N–H and O–H groups in total. The van der Waals surface area contributed by atoms with E-state index in [1.165, 1.54) is 24.1 Å². The summed E-state index contributed by atoms with van der Waals surface area (Å²) < 4.78 is 0. The first-order chi connectivity index (χ1) is 10.4. The fourth-order valence-corrected chi connectivity index (χ4v) is 3.77. The van der Waals surface area contributed by atoms with Gasteiger partial charge in [-0.1, -0.05) is 60.7 Å². The van der Waals surface area contributed by atoms with E-state index in [4.69, 9.17) is 0 Å². The van der Waals surface area contributed by atoms with Gasteiger partial charge in [-0.25, -0.2) is 0 Å². The molecule has 0 aromatic heterocycles. The summed E-state index contributed by atoms with van der Waals surface area (Å²) in [6.07, 6.45) is 7.13. The van der Waals surface area contributed by atoms with Gasteiger partial charge < -0.3 is 0 Å². The lowest BCUT2D eigenvalue weighted by molar-refractivity contribution is 0.259. The standard InChI is InChI=1S/C20H21N/c1-2-6-16(7-3-1)14-21-13-12-18-10-4-8-17-9-5-11-19(15-21)20(17)18/h1-7,9-11,18H,8,12-15H2/t18-/m1/s1. The van der Waals surface area contributed by atoms with Crippen LogP contribution in [-0.4, -0.2) is 11.4 Å². The zero-order chi connectivity index (χ0) is 14.1. The van der Waals surface area contributed by atoms with Gasteiger partial charge in [0.25, 0.3) is 0 Å². The summed E-state index contributed by atoms with van der Waals surface area (Å²) in [6, 6.07) is 17.7. The van der Waals surface area contributed by atoms with E-state index in [0.717, 1.165) is 19.5 Å². The van der Waals surface area contributed by atoms with Crippen LogP contribution in [0.3, 0.4) is 0 Å². The molecule has 2 aromatic carbocycles. The molecular formula is C20H21N. The predicted molar refractivity (Wildman–Crippen MR) is 87.2 cm³/mol.